The Bertz CT molecular complexity index is 1990. The van der Waals surface area contributed by atoms with E-state index in [4.69, 9.17) is 14.3 Å². The van der Waals surface area contributed by atoms with E-state index in [-0.39, 0.29) is 28.6 Å². The molecule has 9 nitrogen and oxygen atoms in total. The summed E-state index contributed by atoms with van der Waals surface area (Å²) in [5.74, 6) is 0.678. The third kappa shape index (κ3) is 7.51. The van der Waals surface area contributed by atoms with E-state index < -0.39 is 0 Å². The summed E-state index contributed by atoms with van der Waals surface area (Å²) in [7, 11) is 1.62. The van der Waals surface area contributed by atoms with Crippen LogP contribution in [0.25, 0.3) is 34.5 Å². The number of benzene rings is 4. The number of hydrogen-bond donors (Lipinski definition) is 1. The molecule has 0 aliphatic heterocycles. The summed E-state index contributed by atoms with van der Waals surface area (Å²) in [5, 5.41) is 16.3. The first-order chi connectivity index (χ1) is 22.4. The lowest BCUT2D eigenvalue weighted by Crippen LogP contribution is -2.14. The molecule has 228 valence electrons. The molecule has 6 rings (SSSR count). The molecule has 46 heavy (non-hydrogen) atoms. The number of carbonyl (C=O) groups excluding carboxylic acids is 2. The van der Waals surface area contributed by atoms with Gasteiger partial charge in [-0.2, -0.15) is 5.10 Å². The van der Waals surface area contributed by atoms with Crippen molar-refractivity contribution in [1.82, 2.24) is 20.0 Å². The summed E-state index contributed by atoms with van der Waals surface area (Å²) < 4.78 is 14.0. The Hall–Kier alpha value is -5.26. The fourth-order valence-electron chi connectivity index (χ4n) is 4.47. The lowest BCUT2D eigenvalue weighted by Gasteiger charge is -2.05. The number of thioether (sulfide) groups is 1. The molecule has 0 saturated heterocycles. The molecule has 4 aromatic carbocycles. The van der Waals surface area contributed by atoms with E-state index >= 15 is 0 Å². The van der Waals surface area contributed by atoms with Gasteiger partial charge in [-0.15, -0.1) is 10.2 Å². The van der Waals surface area contributed by atoms with Crippen molar-refractivity contribution >= 4 is 51.1 Å². The van der Waals surface area contributed by atoms with Gasteiger partial charge in [0.1, 0.15) is 11.4 Å². The Labute approximate surface area is 277 Å². The van der Waals surface area contributed by atoms with E-state index in [2.05, 4.69) is 31.4 Å². The summed E-state index contributed by atoms with van der Waals surface area (Å²) in [5.41, 5.74) is 5.06. The number of amides is 1. The van der Waals surface area contributed by atoms with Crippen molar-refractivity contribution in [2.45, 2.75) is 5.22 Å². The van der Waals surface area contributed by atoms with Gasteiger partial charge in [0.15, 0.2) is 5.78 Å². The molecule has 1 N–H and O–H groups in total. The van der Waals surface area contributed by atoms with Gasteiger partial charge >= 0.3 is 0 Å². The third-order valence-electron chi connectivity index (χ3n) is 6.81. The van der Waals surface area contributed by atoms with Crippen molar-refractivity contribution in [3.05, 3.63) is 131 Å². The summed E-state index contributed by atoms with van der Waals surface area (Å²) in [6.07, 6.45) is 5.13. The molecular weight excluding hydrogens is 666 g/mol. The maximum atomic E-state index is 12.7. The molecule has 0 saturated carbocycles. The Kier molecular flexibility index (Phi) is 9.51. The third-order valence-corrected chi connectivity index (χ3v) is 8.16. The summed E-state index contributed by atoms with van der Waals surface area (Å²) in [4.78, 5) is 25.3. The van der Waals surface area contributed by atoms with Gasteiger partial charge in [0.05, 0.1) is 24.1 Å². The number of aromatic nitrogens is 4. The number of anilines is 1. The smallest absolute Gasteiger partial charge is 0.277 e. The van der Waals surface area contributed by atoms with Crippen LogP contribution in [0.3, 0.4) is 0 Å². The van der Waals surface area contributed by atoms with E-state index in [9.17, 15) is 9.59 Å². The number of nitrogens with zero attached hydrogens (tertiary/aromatic N) is 4. The molecule has 0 spiro atoms. The number of ether oxygens (including phenoxy) is 1. The molecule has 0 atom stereocenters. The van der Waals surface area contributed by atoms with Crippen molar-refractivity contribution in [2.75, 3.05) is 18.2 Å². The maximum Gasteiger partial charge on any atom is 0.277 e. The fraction of sp³-hybridized carbons (Fsp3) is 0.0571. The standard InChI is InChI=1S/C35H26BrN5O4S/c1-44-29-18-12-25(13-19-29)33-30(21-41(40-33)28-5-3-2-4-6-28)34-38-39-35(45-34)46-22-32(43)37-27-16-10-24(11-17-27)31(42)20-9-23-7-14-26(36)15-8-23/h2-21H,22H2,1H3,(H,37,43)/b20-9+. The van der Waals surface area contributed by atoms with Gasteiger partial charge in [-0.05, 0) is 84.4 Å². The predicted molar refractivity (Wildman–Crippen MR) is 182 cm³/mol. The lowest BCUT2D eigenvalue weighted by atomic mass is 10.1. The van der Waals surface area contributed by atoms with Crippen LogP contribution in [0.5, 0.6) is 5.75 Å². The van der Waals surface area contributed by atoms with Crippen LogP contribution in [0.15, 0.2) is 130 Å². The second-order valence-electron chi connectivity index (χ2n) is 9.94. The van der Waals surface area contributed by atoms with Crippen molar-refractivity contribution < 1.29 is 18.7 Å². The number of rotatable bonds is 11. The highest BCUT2D eigenvalue weighted by Gasteiger charge is 2.20. The van der Waals surface area contributed by atoms with Crippen molar-refractivity contribution in [3.63, 3.8) is 0 Å². The molecular formula is C35H26BrN5O4S. The Morgan fingerprint density at radius 2 is 1.67 bits per heavy atom. The summed E-state index contributed by atoms with van der Waals surface area (Å²) in [6, 6.07) is 31.7. The number of carbonyl (C=O) groups is 2. The lowest BCUT2D eigenvalue weighted by molar-refractivity contribution is -0.113. The normalized spacial score (nSPS) is 11.1. The minimum atomic E-state index is -0.255. The van der Waals surface area contributed by atoms with Crippen LogP contribution < -0.4 is 10.1 Å². The van der Waals surface area contributed by atoms with Crippen LogP contribution in [0.1, 0.15) is 15.9 Å². The minimum absolute atomic E-state index is 0.0485. The van der Waals surface area contributed by atoms with Gasteiger partial charge in [-0.3, -0.25) is 9.59 Å². The van der Waals surface area contributed by atoms with Crippen LogP contribution in [0, 0.1) is 0 Å². The van der Waals surface area contributed by atoms with Crippen molar-refractivity contribution in [1.29, 1.82) is 0 Å². The molecule has 11 heteroatoms. The molecule has 0 unspecified atom stereocenters. The first kappa shape index (κ1) is 30.8. The van der Waals surface area contributed by atoms with E-state index in [1.807, 2.05) is 85.1 Å². The number of methoxy groups -OCH3 is 1. The second kappa shape index (κ2) is 14.2. The molecule has 1 amide bonds. The quantitative estimate of drug-likeness (QED) is 0.0827. The number of nitrogens with one attached hydrogen (secondary N) is 1. The highest BCUT2D eigenvalue weighted by Crippen LogP contribution is 2.33. The number of para-hydroxylation sites is 1. The SMILES string of the molecule is COc1ccc(-c2nn(-c3ccccc3)cc2-c2nnc(SCC(=O)Nc3ccc(C(=O)/C=C/c4ccc(Br)cc4)cc3)o2)cc1. The highest BCUT2D eigenvalue weighted by molar-refractivity contribution is 9.10. The van der Waals surface area contributed by atoms with Gasteiger partial charge < -0.3 is 14.5 Å². The van der Waals surface area contributed by atoms with Crippen LogP contribution in [-0.2, 0) is 4.79 Å². The number of hydrogen-bond acceptors (Lipinski definition) is 8. The van der Waals surface area contributed by atoms with Crippen molar-refractivity contribution in [3.8, 4) is 34.1 Å². The molecule has 0 fully saturated rings. The highest BCUT2D eigenvalue weighted by atomic mass is 79.9. The monoisotopic (exact) mass is 691 g/mol. The second-order valence-corrected chi connectivity index (χ2v) is 11.8. The number of ketones is 1. The average molecular weight is 693 g/mol. The Balaban J connectivity index is 1.10. The minimum Gasteiger partial charge on any atom is -0.497 e. The van der Waals surface area contributed by atoms with Gasteiger partial charge in [0.25, 0.3) is 11.1 Å². The Morgan fingerprint density at radius 3 is 2.39 bits per heavy atom. The molecule has 0 radical (unpaired) electrons. The largest absolute Gasteiger partial charge is 0.497 e. The first-order valence-corrected chi connectivity index (χ1v) is 15.9. The van der Waals surface area contributed by atoms with Crippen LogP contribution in [0.4, 0.5) is 5.69 Å². The molecule has 2 aromatic heterocycles. The zero-order chi connectivity index (χ0) is 31.9. The Morgan fingerprint density at radius 1 is 0.935 bits per heavy atom. The van der Waals surface area contributed by atoms with E-state index in [0.29, 0.717) is 22.5 Å². The summed E-state index contributed by atoms with van der Waals surface area (Å²) >= 11 is 4.52. The molecule has 0 bridgehead atoms. The molecule has 0 aliphatic rings. The van der Waals surface area contributed by atoms with Gasteiger partial charge in [-0.25, -0.2) is 4.68 Å². The van der Waals surface area contributed by atoms with E-state index in [1.54, 1.807) is 42.1 Å². The van der Waals surface area contributed by atoms with Crippen LogP contribution in [-0.4, -0.2) is 44.5 Å². The topological polar surface area (TPSA) is 112 Å². The van der Waals surface area contributed by atoms with Crippen LogP contribution in [0.2, 0.25) is 0 Å². The summed E-state index contributed by atoms with van der Waals surface area (Å²) in [6.45, 7) is 0. The fourth-order valence-corrected chi connectivity index (χ4v) is 5.29. The van der Waals surface area contributed by atoms with Crippen molar-refractivity contribution in [2.24, 2.45) is 0 Å². The zero-order valence-corrected chi connectivity index (χ0v) is 26.9. The van der Waals surface area contributed by atoms with Gasteiger partial charge in [0.2, 0.25) is 5.91 Å². The number of allylic oxidation sites excluding steroid dienone is 1. The molecule has 0 aliphatic carbocycles. The van der Waals surface area contributed by atoms with Gasteiger partial charge in [0, 0.05) is 27.5 Å². The first-order valence-electron chi connectivity index (χ1n) is 14.1. The van der Waals surface area contributed by atoms with Crippen LogP contribution >= 0.6 is 27.7 Å². The molecule has 2 heterocycles. The number of halogens is 1. The van der Waals surface area contributed by atoms with E-state index in [0.717, 1.165) is 38.8 Å². The zero-order valence-electron chi connectivity index (χ0n) is 24.5. The predicted octanol–water partition coefficient (Wildman–Crippen LogP) is 7.99. The maximum absolute atomic E-state index is 12.7. The van der Waals surface area contributed by atoms with Gasteiger partial charge in [-0.1, -0.05) is 64.1 Å². The van der Waals surface area contributed by atoms with E-state index in [1.165, 1.54) is 6.08 Å². The molecule has 6 aromatic rings. The average Bonchev–Trinajstić information content (AvgIpc) is 3.76.